The van der Waals surface area contributed by atoms with E-state index >= 15 is 0 Å². The maximum absolute atomic E-state index is 12.0. The van der Waals surface area contributed by atoms with Gasteiger partial charge in [-0.2, -0.15) is 0 Å². The fourth-order valence-corrected chi connectivity index (χ4v) is 2.05. The van der Waals surface area contributed by atoms with E-state index in [4.69, 9.17) is 0 Å². The molecule has 1 aliphatic rings. The van der Waals surface area contributed by atoms with Crippen LogP contribution in [-0.4, -0.2) is 48.4 Å². The average molecular weight is 198 g/mol. The van der Waals surface area contributed by atoms with Gasteiger partial charge < -0.3 is 4.90 Å². The monoisotopic (exact) mass is 198 g/mol. The van der Waals surface area contributed by atoms with E-state index in [0.717, 1.165) is 13.0 Å². The average Bonchev–Trinajstić information content (AvgIpc) is 2.31. The van der Waals surface area contributed by atoms with Crippen molar-refractivity contribution >= 4 is 5.91 Å². The summed E-state index contributed by atoms with van der Waals surface area (Å²) in [5.74, 6) is 0.860. The molecule has 2 atom stereocenters. The quantitative estimate of drug-likeness (QED) is 0.680. The number of hydrogen-bond donors (Lipinski definition) is 0. The first-order valence-electron chi connectivity index (χ1n) is 5.40. The minimum Gasteiger partial charge on any atom is -0.338 e. The van der Waals surface area contributed by atoms with Gasteiger partial charge in [-0.15, -0.1) is 0 Å². The second-order valence-electron chi connectivity index (χ2n) is 4.95. The van der Waals surface area contributed by atoms with Crippen molar-refractivity contribution in [3.8, 4) is 0 Å². The van der Waals surface area contributed by atoms with Crippen LogP contribution in [0.5, 0.6) is 0 Å². The minimum atomic E-state index is 0.101. The Morgan fingerprint density at radius 1 is 1.50 bits per heavy atom. The van der Waals surface area contributed by atoms with Crippen LogP contribution < -0.4 is 0 Å². The molecule has 1 heterocycles. The molecular formula is C11H22N2O. The topological polar surface area (TPSA) is 23.6 Å². The summed E-state index contributed by atoms with van der Waals surface area (Å²) < 4.78 is 0. The van der Waals surface area contributed by atoms with Crippen LogP contribution in [0.2, 0.25) is 0 Å². The Morgan fingerprint density at radius 2 is 2.07 bits per heavy atom. The molecule has 1 rings (SSSR count). The number of carbonyl (C=O) groups excluding carboxylic acids is 1. The fourth-order valence-electron chi connectivity index (χ4n) is 2.05. The summed E-state index contributed by atoms with van der Waals surface area (Å²) >= 11 is 0. The van der Waals surface area contributed by atoms with Gasteiger partial charge in [0, 0.05) is 12.6 Å². The van der Waals surface area contributed by atoms with Crippen molar-refractivity contribution in [2.24, 2.45) is 5.92 Å². The molecule has 0 aromatic carbocycles. The summed E-state index contributed by atoms with van der Waals surface area (Å²) in [6, 6.07) is 0.501. The lowest BCUT2D eigenvalue weighted by atomic mass is 10.1. The van der Waals surface area contributed by atoms with Crippen molar-refractivity contribution < 1.29 is 4.79 Å². The zero-order valence-electron chi connectivity index (χ0n) is 9.95. The second-order valence-corrected chi connectivity index (χ2v) is 4.95. The van der Waals surface area contributed by atoms with Crippen LogP contribution >= 0.6 is 0 Å². The molecule has 82 valence electrons. The van der Waals surface area contributed by atoms with Gasteiger partial charge in [-0.1, -0.05) is 13.8 Å². The third-order valence-corrected chi connectivity index (χ3v) is 2.85. The highest BCUT2D eigenvalue weighted by Crippen LogP contribution is 2.22. The first kappa shape index (κ1) is 11.5. The molecule has 0 spiro atoms. The molecule has 1 saturated heterocycles. The van der Waals surface area contributed by atoms with Crippen molar-refractivity contribution in [3.63, 3.8) is 0 Å². The number of nitrogens with zero attached hydrogens (tertiary/aromatic N) is 2. The number of likely N-dealkylation sites (N-methyl/N-ethyl adjacent to an activating group) is 1. The number of likely N-dealkylation sites (tertiary alicyclic amines) is 1. The third kappa shape index (κ3) is 2.27. The lowest BCUT2D eigenvalue weighted by Crippen LogP contribution is -2.40. The van der Waals surface area contributed by atoms with Crippen LogP contribution in [-0.2, 0) is 4.79 Å². The molecule has 0 bridgehead atoms. The van der Waals surface area contributed by atoms with Gasteiger partial charge in [0.05, 0.1) is 6.04 Å². The Kier molecular flexibility index (Phi) is 3.53. The van der Waals surface area contributed by atoms with Gasteiger partial charge in [-0.25, -0.2) is 0 Å². The van der Waals surface area contributed by atoms with Crippen LogP contribution in [0.25, 0.3) is 0 Å². The lowest BCUT2D eigenvalue weighted by molar-refractivity contribution is -0.132. The molecule has 0 saturated carbocycles. The number of carbonyl (C=O) groups is 1. The van der Waals surface area contributed by atoms with Crippen molar-refractivity contribution in [2.75, 3.05) is 20.6 Å². The summed E-state index contributed by atoms with van der Waals surface area (Å²) in [5, 5.41) is 0. The summed E-state index contributed by atoms with van der Waals surface area (Å²) in [7, 11) is 3.96. The molecule has 0 aromatic rings. The van der Waals surface area contributed by atoms with E-state index in [9.17, 15) is 4.79 Å². The van der Waals surface area contributed by atoms with Crippen LogP contribution in [0.15, 0.2) is 0 Å². The molecule has 0 aromatic heterocycles. The molecule has 1 unspecified atom stereocenters. The Labute approximate surface area is 87.1 Å². The van der Waals surface area contributed by atoms with Gasteiger partial charge in [0.25, 0.3) is 0 Å². The van der Waals surface area contributed by atoms with Crippen LogP contribution in [0.3, 0.4) is 0 Å². The highest BCUT2D eigenvalue weighted by atomic mass is 16.2. The first-order chi connectivity index (χ1) is 6.43. The largest absolute Gasteiger partial charge is 0.338 e. The molecule has 1 amide bonds. The van der Waals surface area contributed by atoms with E-state index in [1.54, 1.807) is 0 Å². The van der Waals surface area contributed by atoms with E-state index in [-0.39, 0.29) is 6.04 Å². The van der Waals surface area contributed by atoms with Crippen molar-refractivity contribution in [1.82, 2.24) is 9.80 Å². The summed E-state index contributed by atoms with van der Waals surface area (Å²) in [6.07, 6.45) is 0.971. The van der Waals surface area contributed by atoms with Crippen molar-refractivity contribution in [1.29, 1.82) is 0 Å². The van der Waals surface area contributed by atoms with Crippen molar-refractivity contribution in [2.45, 2.75) is 39.3 Å². The number of hydrogen-bond acceptors (Lipinski definition) is 2. The standard InChI is InChI=1S/C11H22N2O/c1-8(2)7-13-9(3)6-10(11(13)14)12(4)5/h8-10H,6-7H2,1-5H3/t9?,10-/m0/s1. The van der Waals surface area contributed by atoms with Crippen LogP contribution in [0.1, 0.15) is 27.2 Å². The third-order valence-electron chi connectivity index (χ3n) is 2.85. The van der Waals surface area contributed by atoms with Gasteiger partial charge in [-0.05, 0) is 33.4 Å². The zero-order chi connectivity index (χ0) is 10.9. The Morgan fingerprint density at radius 3 is 2.43 bits per heavy atom. The summed E-state index contributed by atoms with van der Waals surface area (Å²) in [5.41, 5.74) is 0. The molecule has 0 aliphatic carbocycles. The SMILES string of the molecule is CC(C)CN1C(=O)[C@@H](N(C)C)CC1C. The van der Waals surface area contributed by atoms with Crippen LogP contribution in [0, 0.1) is 5.92 Å². The predicted octanol–water partition coefficient (Wildman–Crippen LogP) is 1.19. The molecule has 14 heavy (non-hydrogen) atoms. The smallest absolute Gasteiger partial charge is 0.240 e. The Hall–Kier alpha value is -0.570. The van der Waals surface area contributed by atoms with Crippen LogP contribution in [0.4, 0.5) is 0 Å². The maximum atomic E-state index is 12.0. The molecule has 1 fully saturated rings. The number of amides is 1. The molecule has 3 heteroatoms. The summed E-state index contributed by atoms with van der Waals surface area (Å²) in [4.78, 5) is 16.0. The van der Waals surface area contributed by atoms with E-state index in [2.05, 4.69) is 20.8 Å². The van der Waals surface area contributed by atoms with E-state index in [1.165, 1.54) is 0 Å². The Bertz CT molecular complexity index is 213. The molecular weight excluding hydrogens is 176 g/mol. The maximum Gasteiger partial charge on any atom is 0.240 e. The molecule has 1 aliphatic heterocycles. The van der Waals surface area contributed by atoms with E-state index in [0.29, 0.717) is 17.9 Å². The molecule has 3 nitrogen and oxygen atoms in total. The Balaban J connectivity index is 2.65. The number of rotatable bonds is 3. The van der Waals surface area contributed by atoms with Gasteiger partial charge in [0.15, 0.2) is 0 Å². The second kappa shape index (κ2) is 4.30. The fraction of sp³-hybridized carbons (Fsp3) is 0.909. The molecule has 0 radical (unpaired) electrons. The van der Waals surface area contributed by atoms with E-state index in [1.807, 2.05) is 23.9 Å². The predicted molar refractivity (Wildman–Crippen MR) is 58.1 cm³/mol. The molecule has 0 N–H and O–H groups in total. The van der Waals surface area contributed by atoms with Crippen molar-refractivity contribution in [3.05, 3.63) is 0 Å². The highest BCUT2D eigenvalue weighted by Gasteiger charge is 2.37. The zero-order valence-corrected chi connectivity index (χ0v) is 9.95. The lowest BCUT2D eigenvalue weighted by Gasteiger charge is -2.24. The summed E-state index contributed by atoms with van der Waals surface area (Å²) in [6.45, 7) is 7.35. The van der Waals surface area contributed by atoms with Gasteiger partial charge >= 0.3 is 0 Å². The minimum absolute atomic E-state index is 0.101. The van der Waals surface area contributed by atoms with Gasteiger partial charge in [0.1, 0.15) is 0 Å². The first-order valence-corrected chi connectivity index (χ1v) is 5.40. The highest BCUT2D eigenvalue weighted by molar-refractivity contribution is 5.84. The van der Waals surface area contributed by atoms with Gasteiger partial charge in [0.2, 0.25) is 5.91 Å². The van der Waals surface area contributed by atoms with E-state index < -0.39 is 0 Å². The normalized spacial score (nSPS) is 28.2. The van der Waals surface area contributed by atoms with Gasteiger partial charge in [-0.3, -0.25) is 9.69 Å².